The Bertz CT molecular complexity index is 257. The van der Waals surface area contributed by atoms with Crippen molar-refractivity contribution in [1.29, 1.82) is 0 Å². The molecule has 0 radical (unpaired) electrons. The second-order valence-corrected chi connectivity index (χ2v) is 1.94. The topological polar surface area (TPSA) is 77.2 Å². The Morgan fingerprint density at radius 3 is 3.09 bits per heavy atom. The fraction of sp³-hybridized carbons (Fsp3) is 0.400. The Balaban J connectivity index is 2.45. The Morgan fingerprint density at radius 1 is 1.91 bits per heavy atom. The molecule has 0 saturated heterocycles. The van der Waals surface area contributed by atoms with Crippen molar-refractivity contribution in [1.82, 2.24) is 15.0 Å². The van der Waals surface area contributed by atoms with Crippen LogP contribution >= 0.6 is 0 Å². The molecule has 0 bridgehead atoms. The number of carbonyl (C=O) groups is 1. The summed E-state index contributed by atoms with van der Waals surface area (Å²) in [5, 5.41) is 15.3. The van der Waals surface area contributed by atoms with Gasteiger partial charge in [-0.1, -0.05) is 5.21 Å². The molecular weight excluding hydrogens is 150 g/mol. The Labute approximate surface area is 62.4 Å². The average Bonchev–Trinajstić information content (AvgIpc) is 2.31. The molecule has 0 fully saturated rings. The molecule has 1 N–H and O–H groups in total. The lowest BCUT2D eigenvalue weighted by molar-refractivity contribution is 0.0842. The first-order chi connectivity index (χ1) is 5.18. The molecule has 1 aromatic heterocycles. The van der Waals surface area contributed by atoms with Crippen molar-refractivity contribution in [2.75, 3.05) is 0 Å². The van der Waals surface area contributed by atoms with Gasteiger partial charge >= 0.3 is 6.16 Å². The van der Waals surface area contributed by atoms with Crippen LogP contribution in [-0.4, -0.2) is 26.3 Å². The van der Waals surface area contributed by atoms with E-state index in [9.17, 15) is 4.79 Å². The van der Waals surface area contributed by atoms with Crippen LogP contribution in [0.4, 0.5) is 4.79 Å². The van der Waals surface area contributed by atoms with Gasteiger partial charge < -0.3 is 9.84 Å². The number of aromatic nitrogens is 3. The van der Waals surface area contributed by atoms with Crippen molar-refractivity contribution < 1.29 is 14.6 Å². The molecular formula is C5H7N3O3. The van der Waals surface area contributed by atoms with Crippen molar-refractivity contribution in [2.45, 2.75) is 6.61 Å². The second kappa shape index (κ2) is 3.00. The molecule has 11 heavy (non-hydrogen) atoms. The summed E-state index contributed by atoms with van der Waals surface area (Å²) < 4.78 is 5.71. The molecule has 1 aromatic rings. The molecule has 1 rings (SSSR count). The fourth-order valence-corrected chi connectivity index (χ4v) is 0.597. The zero-order chi connectivity index (χ0) is 8.27. The van der Waals surface area contributed by atoms with E-state index in [1.165, 1.54) is 4.68 Å². The monoisotopic (exact) mass is 157 g/mol. The summed E-state index contributed by atoms with van der Waals surface area (Å²) in [6.45, 7) is -0.0524. The summed E-state index contributed by atoms with van der Waals surface area (Å²) in [5.74, 6) is 0. The predicted molar refractivity (Wildman–Crippen MR) is 33.8 cm³/mol. The molecule has 0 aromatic carbocycles. The summed E-state index contributed by atoms with van der Waals surface area (Å²) in [7, 11) is 1.69. The smallest absolute Gasteiger partial charge is 0.450 e. The lowest BCUT2D eigenvalue weighted by Gasteiger charge is -1.92. The quantitative estimate of drug-likeness (QED) is 0.612. The van der Waals surface area contributed by atoms with Crippen molar-refractivity contribution in [3.8, 4) is 0 Å². The molecule has 0 unspecified atom stereocenters. The molecule has 0 amide bonds. The summed E-state index contributed by atoms with van der Waals surface area (Å²) in [6.07, 6.45) is 0.277. The van der Waals surface area contributed by atoms with Crippen molar-refractivity contribution in [2.24, 2.45) is 7.05 Å². The molecule has 0 aliphatic rings. The first kappa shape index (κ1) is 7.52. The van der Waals surface area contributed by atoms with Gasteiger partial charge in [-0.15, -0.1) is 5.10 Å². The van der Waals surface area contributed by atoms with Crippen LogP contribution < -0.4 is 0 Å². The van der Waals surface area contributed by atoms with E-state index in [0.29, 0.717) is 5.69 Å². The van der Waals surface area contributed by atoms with Gasteiger partial charge in [-0.05, 0) is 0 Å². The fourth-order valence-electron chi connectivity index (χ4n) is 0.597. The molecule has 0 saturated carbocycles. The zero-order valence-electron chi connectivity index (χ0n) is 5.89. The molecule has 0 aliphatic carbocycles. The van der Waals surface area contributed by atoms with Crippen molar-refractivity contribution >= 4 is 6.16 Å². The van der Waals surface area contributed by atoms with E-state index in [4.69, 9.17) is 5.11 Å². The molecule has 1 heterocycles. The largest absolute Gasteiger partial charge is 0.506 e. The van der Waals surface area contributed by atoms with Crippen LogP contribution in [0.15, 0.2) is 6.20 Å². The van der Waals surface area contributed by atoms with Gasteiger partial charge in [0.25, 0.3) is 0 Å². The minimum atomic E-state index is -1.31. The summed E-state index contributed by atoms with van der Waals surface area (Å²) in [5.41, 5.74) is 0.495. The average molecular weight is 157 g/mol. The Morgan fingerprint density at radius 2 is 2.64 bits per heavy atom. The SMILES string of the molecule is Cn1cc(COC(=O)O)nn1. The number of aryl methyl sites for hydroxylation is 1. The minimum absolute atomic E-state index is 0.0524. The lowest BCUT2D eigenvalue weighted by Crippen LogP contribution is -2.00. The van der Waals surface area contributed by atoms with Gasteiger partial charge in [0.15, 0.2) is 0 Å². The molecule has 0 aliphatic heterocycles. The normalized spacial score (nSPS) is 9.55. The second-order valence-electron chi connectivity index (χ2n) is 1.94. The van der Waals surface area contributed by atoms with E-state index in [1.807, 2.05) is 0 Å². The van der Waals surface area contributed by atoms with Crippen LogP contribution in [0, 0.1) is 0 Å². The van der Waals surface area contributed by atoms with Gasteiger partial charge in [0, 0.05) is 7.05 Å². The maximum Gasteiger partial charge on any atom is 0.506 e. The zero-order valence-corrected chi connectivity index (χ0v) is 5.89. The third-order valence-electron chi connectivity index (χ3n) is 0.994. The Kier molecular flexibility index (Phi) is 2.05. The van der Waals surface area contributed by atoms with E-state index in [-0.39, 0.29) is 6.61 Å². The number of rotatable bonds is 2. The van der Waals surface area contributed by atoms with Gasteiger partial charge in [0.1, 0.15) is 12.3 Å². The van der Waals surface area contributed by atoms with Gasteiger partial charge in [0.2, 0.25) is 0 Å². The van der Waals surface area contributed by atoms with E-state index < -0.39 is 6.16 Å². The maximum atomic E-state index is 9.90. The number of nitrogens with zero attached hydrogens (tertiary/aromatic N) is 3. The van der Waals surface area contributed by atoms with E-state index in [2.05, 4.69) is 15.0 Å². The molecule has 6 nitrogen and oxygen atoms in total. The number of hydrogen-bond acceptors (Lipinski definition) is 4. The van der Waals surface area contributed by atoms with Crippen LogP contribution in [0.3, 0.4) is 0 Å². The highest BCUT2D eigenvalue weighted by Gasteiger charge is 2.01. The van der Waals surface area contributed by atoms with Crippen molar-refractivity contribution in [3.05, 3.63) is 11.9 Å². The highest BCUT2D eigenvalue weighted by Crippen LogP contribution is 1.93. The highest BCUT2D eigenvalue weighted by atomic mass is 16.7. The highest BCUT2D eigenvalue weighted by molar-refractivity contribution is 5.56. The van der Waals surface area contributed by atoms with Crippen LogP contribution in [0.25, 0.3) is 0 Å². The molecule has 60 valence electrons. The first-order valence-electron chi connectivity index (χ1n) is 2.89. The van der Waals surface area contributed by atoms with Gasteiger partial charge in [-0.25, -0.2) is 4.79 Å². The van der Waals surface area contributed by atoms with E-state index in [1.54, 1.807) is 13.2 Å². The standard InChI is InChI=1S/C5H7N3O3/c1-8-2-4(6-7-8)3-11-5(9)10/h2H,3H2,1H3,(H,9,10). The third kappa shape index (κ3) is 2.24. The maximum absolute atomic E-state index is 9.90. The minimum Gasteiger partial charge on any atom is -0.450 e. The number of carboxylic acid groups (broad SMARTS) is 1. The van der Waals surface area contributed by atoms with Gasteiger partial charge in [0.05, 0.1) is 6.20 Å². The van der Waals surface area contributed by atoms with Crippen LogP contribution in [0.2, 0.25) is 0 Å². The molecule has 0 spiro atoms. The number of ether oxygens (including phenoxy) is 1. The van der Waals surface area contributed by atoms with E-state index in [0.717, 1.165) is 0 Å². The Hall–Kier alpha value is -1.59. The number of hydrogen-bond donors (Lipinski definition) is 1. The van der Waals surface area contributed by atoms with E-state index >= 15 is 0 Å². The van der Waals surface area contributed by atoms with Crippen LogP contribution in [-0.2, 0) is 18.4 Å². The summed E-state index contributed by atoms with van der Waals surface area (Å²) >= 11 is 0. The van der Waals surface area contributed by atoms with Crippen LogP contribution in [0.5, 0.6) is 0 Å². The first-order valence-corrected chi connectivity index (χ1v) is 2.89. The van der Waals surface area contributed by atoms with Gasteiger partial charge in [-0.3, -0.25) is 4.68 Å². The molecule has 6 heteroatoms. The summed E-state index contributed by atoms with van der Waals surface area (Å²) in [6, 6.07) is 0. The molecule has 0 atom stereocenters. The lowest BCUT2D eigenvalue weighted by atomic mass is 10.5. The predicted octanol–water partition coefficient (Wildman–Crippen LogP) is 0.00970. The third-order valence-corrected chi connectivity index (χ3v) is 0.994. The van der Waals surface area contributed by atoms with Crippen LogP contribution in [0.1, 0.15) is 5.69 Å². The summed E-state index contributed by atoms with van der Waals surface area (Å²) in [4.78, 5) is 9.90. The van der Waals surface area contributed by atoms with Gasteiger partial charge in [-0.2, -0.15) is 0 Å². The van der Waals surface area contributed by atoms with Crippen molar-refractivity contribution in [3.63, 3.8) is 0 Å².